The average Bonchev–Trinajstić information content (AvgIpc) is 2.70. The molecule has 0 bridgehead atoms. The highest BCUT2D eigenvalue weighted by molar-refractivity contribution is 5.80. The molecule has 0 radical (unpaired) electrons. The van der Waals surface area contributed by atoms with Gasteiger partial charge in [-0.25, -0.2) is 4.39 Å². The van der Waals surface area contributed by atoms with Crippen LogP contribution in [0.5, 0.6) is 0 Å². The molecule has 5 heteroatoms. The third-order valence-electron chi connectivity index (χ3n) is 3.14. The Hall–Kier alpha value is -1.91. The van der Waals surface area contributed by atoms with Gasteiger partial charge in [0.1, 0.15) is 5.82 Å². The van der Waals surface area contributed by atoms with Crippen molar-refractivity contribution in [1.82, 2.24) is 0 Å². The number of benzene rings is 1. The summed E-state index contributed by atoms with van der Waals surface area (Å²) in [6.07, 6.45) is 0.167. The van der Waals surface area contributed by atoms with Crippen LogP contribution in [0.4, 0.5) is 4.39 Å². The molecule has 1 aromatic rings. The molecule has 2 aliphatic heterocycles. The molecule has 0 amide bonds. The SMILES string of the molecule is O=C1CC2CC(=O)OC2(c2ccccc2F)O1. The lowest BCUT2D eigenvalue weighted by molar-refractivity contribution is -0.211. The number of hydrogen-bond acceptors (Lipinski definition) is 4. The normalized spacial score (nSPS) is 31.0. The second-order valence-electron chi connectivity index (χ2n) is 4.20. The van der Waals surface area contributed by atoms with Gasteiger partial charge in [-0.2, -0.15) is 0 Å². The zero-order chi connectivity index (χ0) is 12.0. The second-order valence-corrected chi connectivity index (χ2v) is 4.20. The number of rotatable bonds is 1. The van der Waals surface area contributed by atoms with Crippen molar-refractivity contribution in [3.63, 3.8) is 0 Å². The maximum atomic E-state index is 13.7. The summed E-state index contributed by atoms with van der Waals surface area (Å²) in [5.74, 6) is -3.45. The first kappa shape index (κ1) is 10.3. The van der Waals surface area contributed by atoms with Gasteiger partial charge in [0.05, 0.1) is 24.3 Å². The molecule has 3 rings (SSSR count). The molecular weight excluding hydrogens is 227 g/mol. The van der Waals surface area contributed by atoms with Gasteiger partial charge >= 0.3 is 11.9 Å². The van der Waals surface area contributed by atoms with Gasteiger partial charge in [0.2, 0.25) is 0 Å². The Bertz CT molecular complexity index is 491. The third-order valence-corrected chi connectivity index (χ3v) is 3.14. The minimum atomic E-state index is -1.54. The molecule has 2 heterocycles. The summed E-state index contributed by atoms with van der Waals surface area (Å²) in [6.45, 7) is 0. The lowest BCUT2D eigenvalue weighted by Crippen LogP contribution is -2.31. The lowest BCUT2D eigenvalue weighted by Gasteiger charge is -2.26. The summed E-state index contributed by atoms with van der Waals surface area (Å²) < 4.78 is 23.9. The predicted molar refractivity (Wildman–Crippen MR) is 53.0 cm³/mol. The monoisotopic (exact) mass is 236 g/mol. The number of halogens is 1. The van der Waals surface area contributed by atoms with Crippen molar-refractivity contribution < 1.29 is 23.5 Å². The van der Waals surface area contributed by atoms with E-state index in [0.29, 0.717) is 0 Å². The molecule has 4 nitrogen and oxygen atoms in total. The Morgan fingerprint density at radius 3 is 2.29 bits per heavy atom. The van der Waals surface area contributed by atoms with Gasteiger partial charge in [-0.3, -0.25) is 9.59 Å². The fourth-order valence-corrected chi connectivity index (χ4v) is 2.43. The van der Waals surface area contributed by atoms with Gasteiger partial charge in [0.15, 0.2) is 0 Å². The Morgan fingerprint density at radius 1 is 1.12 bits per heavy atom. The van der Waals surface area contributed by atoms with Crippen molar-refractivity contribution in [2.75, 3.05) is 0 Å². The molecule has 17 heavy (non-hydrogen) atoms. The summed E-state index contributed by atoms with van der Waals surface area (Å²) in [5.41, 5.74) is 0.113. The van der Waals surface area contributed by atoms with Crippen LogP contribution in [-0.4, -0.2) is 11.9 Å². The van der Waals surface area contributed by atoms with E-state index in [1.165, 1.54) is 18.2 Å². The summed E-state index contributed by atoms with van der Waals surface area (Å²) >= 11 is 0. The van der Waals surface area contributed by atoms with Crippen molar-refractivity contribution in [3.8, 4) is 0 Å². The van der Waals surface area contributed by atoms with Crippen LogP contribution in [-0.2, 0) is 24.8 Å². The lowest BCUT2D eigenvalue weighted by atomic mass is 9.91. The van der Waals surface area contributed by atoms with Crippen LogP contribution in [0.1, 0.15) is 18.4 Å². The van der Waals surface area contributed by atoms with E-state index in [4.69, 9.17) is 9.47 Å². The Kier molecular flexibility index (Phi) is 1.98. The molecule has 0 saturated carbocycles. The van der Waals surface area contributed by atoms with E-state index < -0.39 is 29.5 Å². The zero-order valence-corrected chi connectivity index (χ0v) is 8.81. The Labute approximate surface area is 96.3 Å². The standard InChI is InChI=1S/C12H9FO4/c13-9-4-2-1-3-8(9)12-7(5-10(14)16-12)6-11(15)17-12/h1-4,7H,5-6H2. The topological polar surface area (TPSA) is 52.6 Å². The van der Waals surface area contributed by atoms with Crippen molar-refractivity contribution in [1.29, 1.82) is 0 Å². The number of esters is 2. The van der Waals surface area contributed by atoms with Crippen LogP contribution in [0.25, 0.3) is 0 Å². The Morgan fingerprint density at radius 2 is 1.71 bits per heavy atom. The van der Waals surface area contributed by atoms with Crippen LogP contribution in [0.15, 0.2) is 24.3 Å². The molecule has 0 unspecified atom stereocenters. The fraction of sp³-hybridized carbons (Fsp3) is 0.333. The van der Waals surface area contributed by atoms with Gasteiger partial charge in [0, 0.05) is 0 Å². The van der Waals surface area contributed by atoms with E-state index >= 15 is 0 Å². The predicted octanol–water partition coefficient (Wildman–Crippen LogP) is 1.49. The first-order valence-corrected chi connectivity index (χ1v) is 5.30. The van der Waals surface area contributed by atoms with E-state index in [0.717, 1.165) is 0 Å². The first-order chi connectivity index (χ1) is 8.12. The average molecular weight is 236 g/mol. The minimum Gasteiger partial charge on any atom is -0.417 e. The number of hydrogen-bond donors (Lipinski definition) is 0. The molecule has 0 aliphatic carbocycles. The van der Waals surface area contributed by atoms with Crippen LogP contribution in [0.2, 0.25) is 0 Å². The highest BCUT2D eigenvalue weighted by Crippen LogP contribution is 2.49. The largest absolute Gasteiger partial charge is 0.417 e. The van der Waals surface area contributed by atoms with Gasteiger partial charge in [-0.1, -0.05) is 12.1 Å². The highest BCUT2D eigenvalue weighted by atomic mass is 19.1. The van der Waals surface area contributed by atoms with Crippen molar-refractivity contribution >= 4 is 11.9 Å². The molecule has 2 fully saturated rings. The summed E-state index contributed by atoms with van der Waals surface area (Å²) in [7, 11) is 0. The maximum Gasteiger partial charge on any atom is 0.309 e. The molecular formula is C12H9FO4. The molecule has 0 N–H and O–H groups in total. The molecule has 2 aliphatic rings. The van der Waals surface area contributed by atoms with Gasteiger partial charge < -0.3 is 9.47 Å². The number of ether oxygens (including phenoxy) is 2. The molecule has 0 aromatic heterocycles. The van der Waals surface area contributed by atoms with Crippen LogP contribution < -0.4 is 0 Å². The van der Waals surface area contributed by atoms with Crippen LogP contribution in [0, 0.1) is 11.7 Å². The summed E-state index contributed by atoms with van der Waals surface area (Å²) in [5, 5.41) is 0. The number of carbonyl (C=O) groups is 2. The van der Waals surface area contributed by atoms with E-state index in [2.05, 4.69) is 0 Å². The van der Waals surface area contributed by atoms with E-state index in [1.807, 2.05) is 0 Å². The minimum absolute atomic E-state index is 0.0834. The summed E-state index contributed by atoms with van der Waals surface area (Å²) in [6, 6.07) is 5.86. The van der Waals surface area contributed by atoms with Crippen LogP contribution >= 0.6 is 0 Å². The fourth-order valence-electron chi connectivity index (χ4n) is 2.43. The summed E-state index contributed by atoms with van der Waals surface area (Å²) in [4.78, 5) is 22.6. The second kappa shape index (κ2) is 3.29. The Balaban J connectivity index is 2.13. The van der Waals surface area contributed by atoms with Crippen molar-refractivity contribution in [2.45, 2.75) is 18.6 Å². The molecule has 0 spiro atoms. The smallest absolute Gasteiger partial charge is 0.309 e. The van der Waals surface area contributed by atoms with E-state index in [1.54, 1.807) is 6.07 Å². The van der Waals surface area contributed by atoms with Gasteiger partial charge in [-0.05, 0) is 12.1 Å². The van der Waals surface area contributed by atoms with E-state index in [-0.39, 0.29) is 18.4 Å². The molecule has 2 saturated heterocycles. The number of carbonyl (C=O) groups excluding carboxylic acids is 2. The molecule has 88 valence electrons. The van der Waals surface area contributed by atoms with E-state index in [9.17, 15) is 14.0 Å². The number of fused-ring (bicyclic) bond motifs is 1. The third kappa shape index (κ3) is 1.35. The van der Waals surface area contributed by atoms with Gasteiger partial charge in [0.25, 0.3) is 5.79 Å². The quantitative estimate of drug-likeness (QED) is 0.693. The van der Waals surface area contributed by atoms with Crippen LogP contribution in [0.3, 0.4) is 0 Å². The van der Waals surface area contributed by atoms with Gasteiger partial charge in [-0.15, -0.1) is 0 Å². The van der Waals surface area contributed by atoms with Crippen molar-refractivity contribution in [3.05, 3.63) is 35.6 Å². The molecule has 0 atom stereocenters. The highest BCUT2D eigenvalue weighted by Gasteiger charge is 2.60. The van der Waals surface area contributed by atoms with Crippen molar-refractivity contribution in [2.24, 2.45) is 5.92 Å². The molecule has 1 aromatic carbocycles. The zero-order valence-electron chi connectivity index (χ0n) is 8.81. The first-order valence-electron chi connectivity index (χ1n) is 5.30. The maximum absolute atomic E-state index is 13.7.